The number of hydrogen-bond donors (Lipinski definition) is 6. The average molecular weight is 522 g/mol. The molecule has 6 N–H and O–H groups in total. The van der Waals surface area contributed by atoms with Gasteiger partial charge in [0.1, 0.15) is 24.2 Å². The molecule has 1 fully saturated rings. The van der Waals surface area contributed by atoms with Crippen LogP contribution in [0, 0.1) is 18.3 Å². The quantitative estimate of drug-likeness (QED) is 0.165. The Bertz CT molecular complexity index is 992. The molecule has 0 bridgehead atoms. The summed E-state index contributed by atoms with van der Waals surface area (Å²) in [6.07, 6.45) is 4.42. The molecule has 0 radical (unpaired) electrons. The second-order valence-electron chi connectivity index (χ2n) is 6.37. The van der Waals surface area contributed by atoms with Crippen molar-refractivity contribution >= 4 is 29.4 Å². The Morgan fingerprint density at radius 3 is 2.41 bits per heavy atom. The number of amides is 1. The van der Waals surface area contributed by atoms with Gasteiger partial charge in [-0.1, -0.05) is 12.5 Å². The number of aliphatic hydroxyl groups excluding tert-OH is 1. The van der Waals surface area contributed by atoms with Gasteiger partial charge in [0, 0.05) is 12.3 Å². The molecule has 19 heteroatoms. The van der Waals surface area contributed by atoms with E-state index in [4.69, 9.17) is 25.8 Å². The number of aliphatic hydroxyl groups is 1. The molecule has 0 aromatic heterocycles. The van der Waals surface area contributed by atoms with Crippen LogP contribution in [0.5, 0.6) is 0 Å². The number of nitrogens with zero attached hydrogens (tertiary/aromatic N) is 1. The van der Waals surface area contributed by atoms with Gasteiger partial charge >= 0.3 is 23.5 Å². The van der Waals surface area contributed by atoms with Gasteiger partial charge in [0.15, 0.2) is 6.23 Å². The smallest absolute Gasteiger partial charge is 0.388 e. The average Bonchev–Trinajstić information content (AvgIpc) is 2.89. The fourth-order valence-electron chi connectivity index (χ4n) is 2.76. The van der Waals surface area contributed by atoms with Gasteiger partial charge in [0.2, 0.25) is 0 Å². The Morgan fingerprint density at radius 2 is 1.91 bits per heavy atom. The summed E-state index contributed by atoms with van der Waals surface area (Å²) in [5, 5.41) is 12.8. The number of rotatable bonds is 9. The van der Waals surface area contributed by atoms with Crippen LogP contribution in [0.1, 0.15) is 0 Å². The van der Waals surface area contributed by atoms with Crippen molar-refractivity contribution in [2.75, 3.05) is 13.3 Å². The van der Waals surface area contributed by atoms with Crippen LogP contribution in [-0.2, 0) is 36.4 Å². The largest absolute Gasteiger partial charge is 0.490 e. The molecule has 0 saturated carbocycles. The van der Waals surface area contributed by atoms with Crippen molar-refractivity contribution < 1.29 is 65.4 Å². The highest BCUT2D eigenvalue weighted by Crippen LogP contribution is 2.66. The van der Waals surface area contributed by atoms with E-state index in [1.165, 1.54) is 6.20 Å². The van der Waals surface area contributed by atoms with Gasteiger partial charge < -0.3 is 39.6 Å². The number of terminal acetylenes is 1. The number of alkyl halides is 1. The van der Waals surface area contributed by atoms with E-state index in [-0.39, 0.29) is 5.82 Å². The third-order valence-electron chi connectivity index (χ3n) is 4.09. The Morgan fingerprint density at radius 1 is 1.28 bits per heavy atom. The highest BCUT2D eigenvalue weighted by atomic mass is 31.3. The van der Waals surface area contributed by atoms with Crippen LogP contribution in [0.4, 0.5) is 4.39 Å². The Hall–Kier alpha value is -1.43. The summed E-state index contributed by atoms with van der Waals surface area (Å²) in [5.41, 5.74) is -2.40. The maximum atomic E-state index is 13.9. The SMILES string of the molecule is C#C[C@@H]1[C@H](N2C=CC(=O)NC2=C)O[C@](CF)(COP(=O)(O)OP(=O)(O)OP(=O)(O)O)[C@H]1O. The second kappa shape index (κ2) is 9.44. The summed E-state index contributed by atoms with van der Waals surface area (Å²) in [7, 11) is -17.0. The van der Waals surface area contributed by atoms with E-state index < -0.39 is 66.5 Å². The molecule has 1 amide bonds. The van der Waals surface area contributed by atoms with E-state index in [9.17, 15) is 32.9 Å². The topological polar surface area (TPSA) is 222 Å². The third-order valence-corrected chi connectivity index (χ3v) is 7.87. The first-order chi connectivity index (χ1) is 14.5. The van der Waals surface area contributed by atoms with Crippen molar-refractivity contribution in [1.82, 2.24) is 10.2 Å². The molecular weight excluding hydrogens is 504 g/mol. The van der Waals surface area contributed by atoms with Crippen LogP contribution in [0.15, 0.2) is 24.7 Å². The number of carbonyl (C=O) groups excluding carboxylic acids is 1. The molecule has 2 rings (SSSR count). The zero-order chi connectivity index (χ0) is 24.5. The van der Waals surface area contributed by atoms with Gasteiger partial charge in [-0.05, 0) is 0 Å². The molecule has 1 saturated heterocycles. The van der Waals surface area contributed by atoms with Crippen LogP contribution in [-0.4, -0.2) is 66.7 Å². The van der Waals surface area contributed by atoms with Gasteiger partial charge in [-0.2, -0.15) is 8.62 Å². The summed E-state index contributed by atoms with van der Waals surface area (Å²) in [6.45, 7) is 0.734. The van der Waals surface area contributed by atoms with E-state index in [1.54, 1.807) is 0 Å². The van der Waals surface area contributed by atoms with Crippen LogP contribution in [0.3, 0.4) is 0 Å². The molecule has 32 heavy (non-hydrogen) atoms. The molecule has 180 valence electrons. The highest BCUT2D eigenvalue weighted by Gasteiger charge is 2.57. The minimum atomic E-state index is -5.81. The Kier molecular flexibility index (Phi) is 7.91. The maximum Gasteiger partial charge on any atom is 0.490 e. The predicted octanol–water partition coefficient (Wildman–Crippen LogP) is -0.579. The van der Waals surface area contributed by atoms with E-state index in [0.717, 1.165) is 11.0 Å². The van der Waals surface area contributed by atoms with Crippen molar-refractivity contribution in [3.05, 3.63) is 24.7 Å². The minimum Gasteiger partial charge on any atom is -0.388 e. The normalized spacial score (nSPS) is 32.2. The summed E-state index contributed by atoms with van der Waals surface area (Å²) in [4.78, 5) is 48.3. The molecule has 0 aromatic carbocycles. The number of phosphoric acid groups is 3. The fourth-order valence-corrected chi connectivity index (χ4v) is 5.83. The van der Waals surface area contributed by atoms with Crippen molar-refractivity contribution in [2.45, 2.75) is 17.9 Å². The van der Waals surface area contributed by atoms with E-state index in [2.05, 4.69) is 31.0 Å². The number of hydrogen-bond acceptors (Lipinski definition) is 10. The summed E-state index contributed by atoms with van der Waals surface area (Å²) >= 11 is 0. The third kappa shape index (κ3) is 6.33. The zero-order valence-electron chi connectivity index (χ0n) is 15.8. The lowest BCUT2D eigenvalue weighted by molar-refractivity contribution is -0.142. The number of halogens is 1. The first-order valence-electron chi connectivity index (χ1n) is 8.17. The van der Waals surface area contributed by atoms with Crippen LogP contribution in [0.25, 0.3) is 0 Å². The minimum absolute atomic E-state index is 0.0440. The first kappa shape index (κ1) is 26.8. The number of carbonyl (C=O) groups is 1. The first-order valence-corrected chi connectivity index (χ1v) is 12.7. The second-order valence-corrected chi connectivity index (χ2v) is 10.8. The van der Waals surface area contributed by atoms with Gasteiger partial charge in [-0.3, -0.25) is 9.32 Å². The number of ether oxygens (including phenoxy) is 1. The number of nitrogens with one attached hydrogen (secondary N) is 1. The molecule has 2 unspecified atom stereocenters. The Balaban J connectivity index is 2.21. The zero-order valence-corrected chi connectivity index (χ0v) is 18.4. The van der Waals surface area contributed by atoms with E-state index in [0.29, 0.717) is 0 Å². The summed E-state index contributed by atoms with van der Waals surface area (Å²) in [5.74, 6) is 0.297. The monoisotopic (exact) mass is 522 g/mol. The van der Waals surface area contributed by atoms with Crippen molar-refractivity contribution in [3.63, 3.8) is 0 Å². The molecule has 15 nitrogen and oxygen atoms in total. The van der Waals surface area contributed by atoms with E-state index in [1.807, 2.05) is 0 Å². The lowest BCUT2D eigenvalue weighted by atomic mass is 9.91. The predicted molar refractivity (Wildman–Crippen MR) is 100.0 cm³/mol. The van der Waals surface area contributed by atoms with Crippen LogP contribution in [0.2, 0.25) is 0 Å². The van der Waals surface area contributed by atoms with Gasteiger partial charge in [0.05, 0.1) is 12.5 Å². The van der Waals surface area contributed by atoms with Crippen molar-refractivity contribution in [3.8, 4) is 12.3 Å². The fraction of sp³-hybridized carbons (Fsp3) is 0.462. The van der Waals surface area contributed by atoms with Crippen LogP contribution >= 0.6 is 23.5 Å². The molecule has 2 aliphatic heterocycles. The molecule has 2 aliphatic rings. The number of phosphoric ester groups is 1. The van der Waals surface area contributed by atoms with Gasteiger partial charge in [-0.15, -0.1) is 6.42 Å². The summed E-state index contributed by atoms with van der Waals surface area (Å²) in [6, 6.07) is 0. The summed E-state index contributed by atoms with van der Waals surface area (Å²) < 4.78 is 64.9. The Labute approximate surface area is 179 Å². The van der Waals surface area contributed by atoms with Crippen molar-refractivity contribution in [1.29, 1.82) is 0 Å². The van der Waals surface area contributed by atoms with Crippen LogP contribution < -0.4 is 5.32 Å². The molecule has 0 spiro atoms. The molecular formula is C13H18FN2O13P3. The molecule has 0 aliphatic carbocycles. The molecule has 0 aromatic rings. The molecule has 2 heterocycles. The maximum absolute atomic E-state index is 13.9. The lowest BCUT2D eigenvalue weighted by Crippen LogP contribution is -2.47. The lowest BCUT2D eigenvalue weighted by Gasteiger charge is -2.34. The van der Waals surface area contributed by atoms with Gasteiger partial charge in [0.25, 0.3) is 5.91 Å². The molecule has 6 atom stereocenters. The van der Waals surface area contributed by atoms with E-state index >= 15 is 0 Å². The van der Waals surface area contributed by atoms with Crippen molar-refractivity contribution in [2.24, 2.45) is 5.92 Å². The van der Waals surface area contributed by atoms with Gasteiger partial charge in [-0.25, -0.2) is 18.1 Å². The highest BCUT2D eigenvalue weighted by molar-refractivity contribution is 7.66. The standard InChI is InChI=1S/C13H18FN2O13P3/c1-3-9-11(18)13(6-14,27-12(9)16-5-4-10(17)15-8(16)2)7-26-31(22,23)29-32(24,25)28-30(19,20)21/h1,4-5,9,11-12,18H,2,6-7H2,(H,15,17)(H,22,23)(H,24,25)(H2,19,20,21)/t9-,11-,12+,13+/m0/s1.